The zero-order chi connectivity index (χ0) is 18.2. The number of amides is 2. The first-order chi connectivity index (χ1) is 11.7. The normalized spacial score (nSPS) is 17.8. The van der Waals surface area contributed by atoms with Crippen LogP contribution in [0, 0.1) is 0 Å². The van der Waals surface area contributed by atoms with E-state index in [1.807, 2.05) is 0 Å². The molecule has 3 rings (SSSR count). The van der Waals surface area contributed by atoms with Crippen molar-refractivity contribution < 1.29 is 27.2 Å². The van der Waals surface area contributed by atoms with Gasteiger partial charge in [0, 0.05) is 25.6 Å². The summed E-state index contributed by atoms with van der Waals surface area (Å²) in [5, 5.41) is 2.68. The van der Waals surface area contributed by atoms with E-state index in [1.165, 1.54) is 29.2 Å². The predicted octanol–water partition coefficient (Wildman–Crippen LogP) is 2.93. The van der Waals surface area contributed by atoms with Gasteiger partial charge in [0.15, 0.2) is 5.76 Å². The van der Waals surface area contributed by atoms with E-state index < -0.39 is 17.6 Å². The van der Waals surface area contributed by atoms with Crippen molar-refractivity contribution in [2.24, 2.45) is 0 Å². The zero-order valence-electron chi connectivity index (χ0n) is 13.3. The zero-order valence-corrected chi connectivity index (χ0v) is 13.3. The summed E-state index contributed by atoms with van der Waals surface area (Å²) >= 11 is 0. The Kier molecular flexibility index (Phi) is 4.28. The van der Waals surface area contributed by atoms with E-state index in [0.29, 0.717) is 6.54 Å². The fourth-order valence-corrected chi connectivity index (χ4v) is 2.68. The molecule has 1 aromatic heterocycles. The smallest absolute Gasteiger partial charge is 0.416 e. The summed E-state index contributed by atoms with van der Waals surface area (Å²) < 4.78 is 43.7. The molecular weight excluding hydrogens is 337 g/mol. The highest BCUT2D eigenvalue weighted by atomic mass is 19.4. The molecule has 1 N–H and O–H groups in total. The quantitative estimate of drug-likeness (QED) is 0.924. The van der Waals surface area contributed by atoms with E-state index >= 15 is 0 Å². The summed E-state index contributed by atoms with van der Waals surface area (Å²) in [4.78, 5) is 25.1. The first-order valence-electron chi connectivity index (χ1n) is 7.56. The van der Waals surface area contributed by atoms with E-state index in [1.54, 1.807) is 7.05 Å². The number of hydrogen-bond acceptors (Lipinski definition) is 3. The maximum atomic E-state index is 12.8. The van der Waals surface area contributed by atoms with Gasteiger partial charge in [0.05, 0.1) is 11.6 Å². The van der Waals surface area contributed by atoms with E-state index in [9.17, 15) is 22.8 Å². The lowest BCUT2D eigenvalue weighted by molar-refractivity contribution is -0.137. The lowest BCUT2D eigenvalue weighted by Crippen LogP contribution is -2.36. The highest BCUT2D eigenvalue weighted by Crippen LogP contribution is 2.32. The molecule has 1 aliphatic rings. The highest BCUT2D eigenvalue weighted by molar-refractivity contribution is 5.93. The van der Waals surface area contributed by atoms with Gasteiger partial charge in [-0.2, -0.15) is 13.2 Å². The molecule has 25 heavy (non-hydrogen) atoms. The number of likely N-dealkylation sites (N-methyl/N-ethyl adjacent to an activating group) is 1. The Morgan fingerprint density at radius 1 is 1.28 bits per heavy atom. The van der Waals surface area contributed by atoms with Gasteiger partial charge in [0.25, 0.3) is 5.91 Å². The number of furan rings is 1. The van der Waals surface area contributed by atoms with Crippen LogP contribution in [0.4, 0.5) is 13.2 Å². The van der Waals surface area contributed by atoms with Gasteiger partial charge < -0.3 is 14.6 Å². The molecule has 8 heteroatoms. The monoisotopic (exact) mass is 352 g/mol. The molecule has 0 bridgehead atoms. The molecule has 2 heterocycles. The molecule has 0 saturated carbocycles. The lowest BCUT2D eigenvalue weighted by atomic mass is 10.1. The number of hydrogen-bond donors (Lipinski definition) is 1. The van der Waals surface area contributed by atoms with Gasteiger partial charge in [-0.15, -0.1) is 0 Å². The van der Waals surface area contributed by atoms with Gasteiger partial charge in [-0.3, -0.25) is 9.59 Å². The standard InChI is InChI=1S/C17H15F3N2O3/c1-22-9-12(8-15(22)23)21-16(24)14-6-5-13(25-14)10-3-2-4-11(7-10)17(18,19)20/h2-7,12H,8-9H2,1H3,(H,21,24). The molecule has 0 radical (unpaired) electrons. The number of halogens is 3. The Morgan fingerprint density at radius 2 is 2.04 bits per heavy atom. The number of carbonyl (C=O) groups is 2. The van der Waals surface area contributed by atoms with Gasteiger partial charge in [-0.1, -0.05) is 12.1 Å². The van der Waals surface area contributed by atoms with Crippen molar-refractivity contribution in [2.45, 2.75) is 18.6 Å². The third kappa shape index (κ3) is 3.67. The Labute approximate surface area is 141 Å². The summed E-state index contributed by atoms with van der Waals surface area (Å²) in [7, 11) is 1.65. The van der Waals surface area contributed by atoms with E-state index in [0.717, 1.165) is 12.1 Å². The average molecular weight is 352 g/mol. The van der Waals surface area contributed by atoms with Gasteiger partial charge in [-0.25, -0.2) is 0 Å². The minimum atomic E-state index is -4.45. The largest absolute Gasteiger partial charge is 0.451 e. The fourth-order valence-electron chi connectivity index (χ4n) is 2.68. The van der Waals surface area contributed by atoms with Crippen LogP contribution in [0.2, 0.25) is 0 Å². The number of likely N-dealkylation sites (tertiary alicyclic amines) is 1. The van der Waals surface area contributed by atoms with Gasteiger partial charge in [0.1, 0.15) is 5.76 Å². The molecule has 1 unspecified atom stereocenters. The fraction of sp³-hybridized carbons (Fsp3) is 0.294. The highest BCUT2D eigenvalue weighted by Gasteiger charge is 2.31. The maximum Gasteiger partial charge on any atom is 0.416 e. The van der Waals surface area contributed by atoms with E-state index in [-0.39, 0.29) is 35.5 Å². The summed E-state index contributed by atoms with van der Waals surface area (Å²) in [6.45, 7) is 0.408. The van der Waals surface area contributed by atoms with Crippen molar-refractivity contribution in [2.75, 3.05) is 13.6 Å². The van der Waals surface area contributed by atoms with Gasteiger partial charge in [-0.05, 0) is 24.3 Å². The molecular formula is C17H15F3N2O3. The van der Waals surface area contributed by atoms with Crippen LogP contribution in [-0.4, -0.2) is 36.3 Å². The molecule has 2 aromatic rings. The van der Waals surface area contributed by atoms with Crippen LogP contribution in [0.1, 0.15) is 22.5 Å². The van der Waals surface area contributed by atoms with Crippen molar-refractivity contribution in [1.29, 1.82) is 0 Å². The van der Waals surface area contributed by atoms with Crippen LogP contribution in [0.25, 0.3) is 11.3 Å². The first kappa shape index (κ1) is 17.1. The second-order valence-electron chi connectivity index (χ2n) is 5.89. The lowest BCUT2D eigenvalue weighted by Gasteiger charge is -2.11. The molecule has 132 valence electrons. The number of nitrogens with one attached hydrogen (secondary N) is 1. The second-order valence-corrected chi connectivity index (χ2v) is 5.89. The SMILES string of the molecule is CN1CC(NC(=O)c2ccc(-c3cccc(C(F)(F)F)c3)o2)CC1=O. The molecule has 2 amide bonds. The average Bonchev–Trinajstić information content (AvgIpc) is 3.14. The summed E-state index contributed by atoms with van der Waals surface area (Å²) in [6.07, 6.45) is -4.24. The van der Waals surface area contributed by atoms with Crippen LogP contribution in [0.15, 0.2) is 40.8 Å². The molecule has 5 nitrogen and oxygen atoms in total. The number of benzene rings is 1. The predicted molar refractivity (Wildman–Crippen MR) is 82.7 cm³/mol. The van der Waals surface area contributed by atoms with Crippen molar-refractivity contribution in [1.82, 2.24) is 10.2 Å². The Morgan fingerprint density at radius 3 is 2.68 bits per heavy atom. The van der Waals surface area contributed by atoms with Crippen molar-refractivity contribution >= 4 is 11.8 Å². The molecule has 0 spiro atoms. The van der Waals surface area contributed by atoms with Crippen molar-refractivity contribution in [3.05, 3.63) is 47.7 Å². The topological polar surface area (TPSA) is 62.6 Å². The molecule has 1 saturated heterocycles. The van der Waals surface area contributed by atoms with Crippen molar-refractivity contribution in [3.8, 4) is 11.3 Å². The minimum absolute atomic E-state index is 0.0191. The molecule has 1 atom stereocenters. The minimum Gasteiger partial charge on any atom is -0.451 e. The molecule has 0 aliphatic carbocycles. The number of nitrogens with zero attached hydrogens (tertiary/aromatic N) is 1. The third-order valence-electron chi connectivity index (χ3n) is 3.98. The Bertz CT molecular complexity index is 813. The maximum absolute atomic E-state index is 12.8. The van der Waals surface area contributed by atoms with E-state index in [2.05, 4.69) is 5.32 Å². The van der Waals surface area contributed by atoms with Crippen LogP contribution < -0.4 is 5.32 Å². The Balaban J connectivity index is 1.74. The van der Waals surface area contributed by atoms with Crippen LogP contribution >= 0.6 is 0 Å². The van der Waals surface area contributed by atoms with Crippen LogP contribution in [0.5, 0.6) is 0 Å². The summed E-state index contributed by atoms with van der Waals surface area (Å²) in [5.74, 6) is -0.425. The molecule has 1 aromatic carbocycles. The summed E-state index contributed by atoms with van der Waals surface area (Å²) in [6, 6.07) is 7.20. The summed E-state index contributed by atoms with van der Waals surface area (Å²) in [5.41, 5.74) is -0.565. The number of carbonyl (C=O) groups excluding carboxylic acids is 2. The van der Waals surface area contributed by atoms with Crippen LogP contribution in [0.3, 0.4) is 0 Å². The Hall–Kier alpha value is -2.77. The number of rotatable bonds is 3. The first-order valence-corrected chi connectivity index (χ1v) is 7.56. The third-order valence-corrected chi connectivity index (χ3v) is 3.98. The van der Waals surface area contributed by atoms with Crippen molar-refractivity contribution in [3.63, 3.8) is 0 Å². The van der Waals surface area contributed by atoms with E-state index in [4.69, 9.17) is 4.42 Å². The molecule has 1 aliphatic heterocycles. The van der Waals surface area contributed by atoms with Gasteiger partial charge in [0.2, 0.25) is 5.91 Å². The number of alkyl halides is 3. The molecule has 1 fully saturated rings. The second kappa shape index (κ2) is 6.27. The van der Waals surface area contributed by atoms with Gasteiger partial charge >= 0.3 is 6.18 Å². The van der Waals surface area contributed by atoms with Crippen LogP contribution in [-0.2, 0) is 11.0 Å².